The Kier molecular flexibility index (Phi) is 13.5. The van der Waals surface area contributed by atoms with E-state index in [1.54, 1.807) is 0 Å². The zero-order valence-corrected chi connectivity index (χ0v) is 12.0. The fourth-order valence-corrected chi connectivity index (χ4v) is 2.20. The molecule has 0 aromatic heterocycles. The van der Waals surface area contributed by atoms with Crippen LogP contribution in [-0.4, -0.2) is 18.5 Å². The van der Waals surface area contributed by atoms with Crippen LogP contribution in [0.3, 0.4) is 0 Å². The first-order chi connectivity index (χ1) is 7.85. The lowest BCUT2D eigenvalue weighted by Gasteiger charge is -2.13. The highest BCUT2D eigenvalue weighted by Crippen LogP contribution is 2.08. The van der Waals surface area contributed by atoms with Crippen LogP contribution in [0.15, 0.2) is 0 Å². The van der Waals surface area contributed by atoms with E-state index in [2.05, 4.69) is 19.2 Å². The van der Waals surface area contributed by atoms with Crippen molar-refractivity contribution in [1.29, 1.82) is 0 Å². The summed E-state index contributed by atoms with van der Waals surface area (Å²) >= 11 is 5.82. The van der Waals surface area contributed by atoms with Crippen LogP contribution in [0.5, 0.6) is 0 Å². The van der Waals surface area contributed by atoms with Gasteiger partial charge in [-0.3, -0.25) is 0 Å². The lowest BCUT2D eigenvalue weighted by atomic mass is 10.1. The Bertz CT molecular complexity index is 124. The van der Waals surface area contributed by atoms with E-state index >= 15 is 0 Å². The topological polar surface area (TPSA) is 12.0 Å². The summed E-state index contributed by atoms with van der Waals surface area (Å²) in [4.78, 5) is 0. The third kappa shape index (κ3) is 10.8. The molecule has 0 spiro atoms. The maximum Gasteiger partial charge on any atom is 0.0377 e. The van der Waals surface area contributed by atoms with E-state index < -0.39 is 0 Å². The summed E-state index contributed by atoms with van der Waals surface area (Å²) in [5.74, 6) is 0.744. The maximum atomic E-state index is 5.82. The van der Waals surface area contributed by atoms with Gasteiger partial charge < -0.3 is 5.32 Å². The molecule has 1 N–H and O–H groups in total. The minimum Gasteiger partial charge on any atom is -0.313 e. The van der Waals surface area contributed by atoms with Crippen molar-refractivity contribution >= 4 is 11.6 Å². The lowest BCUT2D eigenvalue weighted by Crippen LogP contribution is -2.30. The first-order valence-electron chi connectivity index (χ1n) is 7.14. The van der Waals surface area contributed by atoms with Gasteiger partial charge in [0.05, 0.1) is 0 Å². The van der Waals surface area contributed by atoms with Gasteiger partial charge in [-0.2, -0.15) is 0 Å². The van der Waals surface area contributed by atoms with Gasteiger partial charge in [-0.05, 0) is 19.4 Å². The molecule has 16 heavy (non-hydrogen) atoms. The third-order valence-corrected chi connectivity index (χ3v) is 3.51. The highest BCUT2D eigenvalue weighted by Gasteiger charge is 2.01. The molecule has 0 aromatic carbocycles. The van der Waals surface area contributed by atoms with Crippen molar-refractivity contribution in [3.8, 4) is 0 Å². The van der Waals surface area contributed by atoms with E-state index in [0.29, 0.717) is 6.04 Å². The van der Waals surface area contributed by atoms with Gasteiger partial charge >= 0.3 is 0 Å². The monoisotopic (exact) mass is 247 g/mol. The van der Waals surface area contributed by atoms with Crippen molar-refractivity contribution in [2.45, 2.75) is 77.7 Å². The predicted molar refractivity (Wildman–Crippen MR) is 75.4 cm³/mol. The van der Waals surface area contributed by atoms with Crippen molar-refractivity contribution in [1.82, 2.24) is 5.32 Å². The Morgan fingerprint density at radius 2 is 1.44 bits per heavy atom. The molecule has 0 rings (SSSR count). The normalized spacial score (nSPS) is 12.9. The average molecular weight is 248 g/mol. The summed E-state index contributed by atoms with van der Waals surface area (Å²) in [7, 11) is 0. The molecular formula is C14H30ClN. The Balaban J connectivity index is 3.03. The quantitative estimate of drug-likeness (QED) is 0.388. The van der Waals surface area contributed by atoms with Gasteiger partial charge in [-0.15, -0.1) is 11.6 Å². The fourth-order valence-electron chi connectivity index (χ4n) is 1.87. The van der Waals surface area contributed by atoms with E-state index in [-0.39, 0.29) is 0 Å². The smallest absolute Gasteiger partial charge is 0.0377 e. The molecule has 0 aliphatic carbocycles. The van der Waals surface area contributed by atoms with Gasteiger partial charge in [0.1, 0.15) is 0 Å². The van der Waals surface area contributed by atoms with E-state index in [0.717, 1.165) is 18.8 Å². The number of halogens is 1. The minimum atomic E-state index is 0.520. The minimum absolute atomic E-state index is 0.520. The Hall–Kier alpha value is 0.250. The Morgan fingerprint density at radius 3 is 1.94 bits per heavy atom. The molecule has 1 nitrogen and oxygen atoms in total. The van der Waals surface area contributed by atoms with Crippen LogP contribution < -0.4 is 5.32 Å². The van der Waals surface area contributed by atoms with Crippen LogP contribution in [0.25, 0.3) is 0 Å². The van der Waals surface area contributed by atoms with Gasteiger partial charge in [-0.1, -0.05) is 58.8 Å². The summed E-state index contributed by atoms with van der Waals surface area (Å²) < 4.78 is 0. The largest absolute Gasteiger partial charge is 0.313 e. The summed E-state index contributed by atoms with van der Waals surface area (Å²) in [6.45, 7) is 5.60. The van der Waals surface area contributed by atoms with Crippen molar-refractivity contribution in [2.75, 3.05) is 12.4 Å². The van der Waals surface area contributed by atoms with Gasteiger partial charge in [0.2, 0.25) is 0 Å². The summed E-state index contributed by atoms with van der Waals surface area (Å²) in [6, 6.07) is 0.520. The molecule has 0 radical (unpaired) electrons. The van der Waals surface area contributed by atoms with E-state index in [4.69, 9.17) is 11.6 Å². The molecule has 0 heterocycles. The zero-order chi connectivity index (χ0) is 12.1. The molecule has 0 saturated carbocycles. The second-order valence-electron chi connectivity index (χ2n) is 4.69. The maximum absolute atomic E-state index is 5.82. The number of hydrogen-bond donors (Lipinski definition) is 1. The predicted octanol–water partition coefficient (Wildman–Crippen LogP) is 4.73. The molecule has 0 aliphatic rings. The Labute approximate surface area is 107 Å². The van der Waals surface area contributed by atoms with Crippen molar-refractivity contribution in [3.63, 3.8) is 0 Å². The second-order valence-corrected chi connectivity index (χ2v) is 5.00. The molecule has 0 saturated heterocycles. The van der Waals surface area contributed by atoms with Crippen LogP contribution in [-0.2, 0) is 0 Å². The van der Waals surface area contributed by atoms with Crippen molar-refractivity contribution in [3.05, 3.63) is 0 Å². The van der Waals surface area contributed by atoms with Gasteiger partial charge in [0.25, 0.3) is 0 Å². The van der Waals surface area contributed by atoms with Gasteiger partial charge in [0, 0.05) is 11.9 Å². The average Bonchev–Trinajstić information content (AvgIpc) is 2.32. The van der Waals surface area contributed by atoms with Crippen molar-refractivity contribution in [2.24, 2.45) is 0 Å². The SMILES string of the molecule is CCCCCCCCCCNC(CC)CCl. The number of alkyl halides is 1. The summed E-state index contributed by atoms with van der Waals surface area (Å²) in [5, 5.41) is 3.50. The summed E-state index contributed by atoms with van der Waals surface area (Å²) in [6.07, 6.45) is 12.3. The third-order valence-electron chi connectivity index (χ3n) is 3.14. The van der Waals surface area contributed by atoms with E-state index in [1.807, 2.05) is 0 Å². The molecule has 0 bridgehead atoms. The number of rotatable bonds is 12. The van der Waals surface area contributed by atoms with Crippen LogP contribution in [0, 0.1) is 0 Å². The number of unbranched alkanes of at least 4 members (excludes halogenated alkanes) is 7. The Morgan fingerprint density at radius 1 is 0.875 bits per heavy atom. The molecule has 0 fully saturated rings. The van der Waals surface area contributed by atoms with Crippen molar-refractivity contribution < 1.29 is 0 Å². The van der Waals surface area contributed by atoms with Gasteiger partial charge in [-0.25, -0.2) is 0 Å². The fraction of sp³-hybridized carbons (Fsp3) is 1.00. The molecule has 0 aromatic rings. The standard InChI is InChI=1S/C14H30ClN/c1-3-5-6-7-8-9-10-11-12-16-14(4-2)13-15/h14,16H,3-13H2,1-2H3. The molecular weight excluding hydrogens is 218 g/mol. The van der Waals surface area contributed by atoms with Crippen LogP contribution >= 0.6 is 11.6 Å². The first-order valence-corrected chi connectivity index (χ1v) is 7.67. The molecule has 1 unspecified atom stereocenters. The zero-order valence-electron chi connectivity index (χ0n) is 11.2. The van der Waals surface area contributed by atoms with Crippen LogP contribution in [0.2, 0.25) is 0 Å². The van der Waals surface area contributed by atoms with Crippen LogP contribution in [0.4, 0.5) is 0 Å². The van der Waals surface area contributed by atoms with Gasteiger partial charge in [0.15, 0.2) is 0 Å². The molecule has 0 amide bonds. The van der Waals surface area contributed by atoms with E-state index in [1.165, 1.54) is 51.4 Å². The van der Waals surface area contributed by atoms with E-state index in [9.17, 15) is 0 Å². The molecule has 98 valence electrons. The molecule has 1 atom stereocenters. The first kappa shape index (κ1) is 16.2. The lowest BCUT2D eigenvalue weighted by molar-refractivity contribution is 0.504. The highest BCUT2D eigenvalue weighted by molar-refractivity contribution is 6.18. The number of nitrogens with one attached hydrogen (secondary N) is 1. The highest BCUT2D eigenvalue weighted by atomic mass is 35.5. The van der Waals surface area contributed by atoms with Crippen LogP contribution in [0.1, 0.15) is 71.6 Å². The summed E-state index contributed by atoms with van der Waals surface area (Å²) in [5.41, 5.74) is 0. The number of hydrogen-bond acceptors (Lipinski definition) is 1. The molecule has 2 heteroatoms. The molecule has 0 aliphatic heterocycles. The second kappa shape index (κ2) is 13.3.